The fraction of sp³-hybridized carbons (Fsp3) is 0.421. The molecule has 0 unspecified atom stereocenters. The second-order valence-electron chi connectivity index (χ2n) is 6.36. The SMILES string of the molecule is CCOC(=O)C1=C(COC(=O)c2ccc3c(c2)nnn3CC)NC(=O)N[C@H]1CC. The summed E-state index contributed by atoms with van der Waals surface area (Å²) in [5.41, 5.74) is 2.15. The predicted molar refractivity (Wildman–Crippen MR) is 103 cm³/mol. The molecule has 154 valence electrons. The number of esters is 2. The Bertz CT molecular complexity index is 981. The van der Waals surface area contributed by atoms with Crippen LogP contribution in [0.3, 0.4) is 0 Å². The summed E-state index contributed by atoms with van der Waals surface area (Å²) in [7, 11) is 0. The molecule has 3 rings (SSSR count). The number of urea groups is 1. The second kappa shape index (κ2) is 8.72. The van der Waals surface area contributed by atoms with Crippen LogP contribution in [0, 0.1) is 0 Å². The number of nitrogens with zero attached hydrogens (tertiary/aromatic N) is 3. The number of aromatic nitrogens is 3. The van der Waals surface area contributed by atoms with Crippen molar-refractivity contribution in [3.63, 3.8) is 0 Å². The van der Waals surface area contributed by atoms with Gasteiger partial charge in [-0.1, -0.05) is 12.1 Å². The first kappa shape index (κ1) is 20.3. The Balaban J connectivity index is 1.80. The standard InChI is InChI=1S/C19H23N5O5/c1-4-12-16(18(26)28-6-3)14(21-19(27)20-12)10-29-17(25)11-7-8-15-13(9-11)22-23-24(15)5-2/h7-9,12H,4-6,10H2,1-3H3,(H2,20,21,27)/t12-/m0/s1. The Labute approximate surface area is 167 Å². The summed E-state index contributed by atoms with van der Waals surface area (Å²) >= 11 is 0. The smallest absolute Gasteiger partial charge is 0.338 e. The minimum absolute atomic E-state index is 0.193. The van der Waals surface area contributed by atoms with Gasteiger partial charge in [0.15, 0.2) is 0 Å². The van der Waals surface area contributed by atoms with Gasteiger partial charge in [-0.3, -0.25) is 0 Å². The van der Waals surface area contributed by atoms with Crippen LogP contribution in [0.1, 0.15) is 37.6 Å². The third kappa shape index (κ3) is 4.20. The summed E-state index contributed by atoms with van der Waals surface area (Å²) in [4.78, 5) is 36.7. The fourth-order valence-electron chi connectivity index (χ4n) is 3.13. The Morgan fingerprint density at radius 1 is 1.17 bits per heavy atom. The Morgan fingerprint density at radius 2 is 1.97 bits per heavy atom. The molecule has 10 nitrogen and oxygen atoms in total. The van der Waals surface area contributed by atoms with E-state index in [0.29, 0.717) is 24.0 Å². The van der Waals surface area contributed by atoms with Crippen molar-refractivity contribution in [1.29, 1.82) is 0 Å². The molecule has 10 heteroatoms. The van der Waals surface area contributed by atoms with E-state index >= 15 is 0 Å². The lowest BCUT2D eigenvalue weighted by atomic mass is 10.0. The third-order valence-corrected chi connectivity index (χ3v) is 4.54. The summed E-state index contributed by atoms with van der Waals surface area (Å²) in [5.74, 6) is -1.16. The van der Waals surface area contributed by atoms with E-state index < -0.39 is 24.0 Å². The first-order valence-corrected chi connectivity index (χ1v) is 9.46. The maximum Gasteiger partial charge on any atom is 0.338 e. The summed E-state index contributed by atoms with van der Waals surface area (Å²) in [6.07, 6.45) is 0.489. The van der Waals surface area contributed by atoms with Gasteiger partial charge < -0.3 is 20.1 Å². The maximum absolute atomic E-state index is 12.5. The van der Waals surface area contributed by atoms with E-state index in [1.807, 2.05) is 13.8 Å². The lowest BCUT2D eigenvalue weighted by molar-refractivity contribution is -0.139. The van der Waals surface area contributed by atoms with E-state index in [2.05, 4.69) is 20.9 Å². The number of carbonyl (C=O) groups is 3. The van der Waals surface area contributed by atoms with Crippen LogP contribution in [0.5, 0.6) is 0 Å². The van der Waals surface area contributed by atoms with Crippen molar-refractivity contribution < 1.29 is 23.9 Å². The predicted octanol–water partition coefficient (Wildman–Crippen LogP) is 1.52. The van der Waals surface area contributed by atoms with Crippen LogP contribution in [-0.2, 0) is 20.8 Å². The van der Waals surface area contributed by atoms with Gasteiger partial charge in [0.1, 0.15) is 12.1 Å². The molecular weight excluding hydrogens is 378 g/mol. The van der Waals surface area contributed by atoms with Gasteiger partial charge in [0.25, 0.3) is 0 Å². The first-order chi connectivity index (χ1) is 14.0. The van der Waals surface area contributed by atoms with Crippen molar-refractivity contribution in [2.24, 2.45) is 0 Å². The maximum atomic E-state index is 12.5. The summed E-state index contributed by atoms with van der Waals surface area (Å²) in [6.45, 7) is 6.06. The summed E-state index contributed by atoms with van der Waals surface area (Å²) in [6, 6.07) is 3.98. The van der Waals surface area contributed by atoms with Gasteiger partial charge in [-0.15, -0.1) is 5.10 Å². The van der Waals surface area contributed by atoms with Crippen molar-refractivity contribution in [2.45, 2.75) is 39.8 Å². The number of aryl methyl sites for hydroxylation is 1. The van der Waals surface area contributed by atoms with E-state index in [9.17, 15) is 14.4 Å². The molecule has 0 bridgehead atoms. The molecule has 0 aliphatic carbocycles. The Hall–Kier alpha value is -3.43. The molecule has 0 saturated heterocycles. The van der Waals surface area contributed by atoms with Crippen LogP contribution < -0.4 is 10.6 Å². The van der Waals surface area contributed by atoms with E-state index in [1.165, 1.54) is 0 Å². The topological polar surface area (TPSA) is 124 Å². The molecule has 0 radical (unpaired) electrons. The number of ether oxygens (including phenoxy) is 2. The first-order valence-electron chi connectivity index (χ1n) is 9.46. The zero-order valence-corrected chi connectivity index (χ0v) is 16.5. The molecule has 1 aliphatic rings. The molecule has 1 atom stereocenters. The van der Waals surface area contributed by atoms with Gasteiger partial charge in [0.2, 0.25) is 0 Å². The van der Waals surface area contributed by atoms with Crippen LogP contribution in [0.15, 0.2) is 29.5 Å². The van der Waals surface area contributed by atoms with E-state index in [4.69, 9.17) is 9.47 Å². The highest BCUT2D eigenvalue weighted by Crippen LogP contribution is 2.19. The summed E-state index contributed by atoms with van der Waals surface area (Å²) in [5, 5.41) is 13.3. The number of hydrogen-bond donors (Lipinski definition) is 2. The number of rotatable bonds is 7. The Morgan fingerprint density at radius 3 is 2.66 bits per heavy atom. The molecule has 2 amide bonds. The monoisotopic (exact) mass is 401 g/mol. The second-order valence-corrected chi connectivity index (χ2v) is 6.36. The largest absolute Gasteiger partial charge is 0.463 e. The zero-order chi connectivity index (χ0) is 21.0. The number of nitrogens with one attached hydrogen (secondary N) is 2. The number of fused-ring (bicyclic) bond motifs is 1. The number of amides is 2. The lowest BCUT2D eigenvalue weighted by Gasteiger charge is -2.28. The molecule has 2 N–H and O–H groups in total. The van der Waals surface area contributed by atoms with Gasteiger partial charge in [-0.05, 0) is 38.5 Å². The van der Waals surface area contributed by atoms with Crippen molar-refractivity contribution >= 4 is 29.0 Å². The van der Waals surface area contributed by atoms with Crippen LogP contribution in [0.2, 0.25) is 0 Å². The highest BCUT2D eigenvalue weighted by molar-refractivity contribution is 5.96. The molecule has 1 aliphatic heterocycles. The normalized spacial score (nSPS) is 16.4. The highest BCUT2D eigenvalue weighted by Gasteiger charge is 2.32. The highest BCUT2D eigenvalue weighted by atomic mass is 16.5. The van der Waals surface area contributed by atoms with Crippen LogP contribution in [0.25, 0.3) is 11.0 Å². The fourth-order valence-corrected chi connectivity index (χ4v) is 3.13. The van der Waals surface area contributed by atoms with Crippen LogP contribution in [0.4, 0.5) is 4.79 Å². The molecule has 0 spiro atoms. The molecule has 2 heterocycles. The average molecular weight is 401 g/mol. The zero-order valence-electron chi connectivity index (χ0n) is 16.5. The van der Waals surface area contributed by atoms with Gasteiger partial charge in [0, 0.05) is 6.54 Å². The molecule has 0 fully saturated rings. The van der Waals surface area contributed by atoms with Crippen molar-refractivity contribution in [3.05, 3.63) is 35.0 Å². The van der Waals surface area contributed by atoms with Gasteiger partial charge in [0.05, 0.1) is 35.0 Å². The van der Waals surface area contributed by atoms with Crippen molar-refractivity contribution in [2.75, 3.05) is 13.2 Å². The quantitative estimate of drug-likeness (QED) is 0.674. The lowest BCUT2D eigenvalue weighted by Crippen LogP contribution is -2.51. The van der Waals surface area contributed by atoms with Gasteiger partial charge in [-0.25, -0.2) is 19.1 Å². The van der Waals surface area contributed by atoms with E-state index in [-0.39, 0.29) is 24.5 Å². The molecular formula is C19H23N5O5. The average Bonchev–Trinajstić information content (AvgIpc) is 3.13. The van der Waals surface area contributed by atoms with E-state index in [1.54, 1.807) is 29.8 Å². The Kier molecular flexibility index (Phi) is 6.10. The number of carbonyl (C=O) groups excluding carboxylic acids is 3. The molecule has 2 aromatic rings. The van der Waals surface area contributed by atoms with Crippen molar-refractivity contribution in [1.82, 2.24) is 25.6 Å². The van der Waals surface area contributed by atoms with Crippen molar-refractivity contribution in [3.8, 4) is 0 Å². The number of benzene rings is 1. The summed E-state index contributed by atoms with van der Waals surface area (Å²) < 4.78 is 12.2. The van der Waals surface area contributed by atoms with Crippen LogP contribution in [-0.4, -0.2) is 52.2 Å². The molecule has 29 heavy (non-hydrogen) atoms. The van der Waals surface area contributed by atoms with Crippen LogP contribution >= 0.6 is 0 Å². The molecule has 1 aromatic carbocycles. The minimum atomic E-state index is -0.602. The molecule has 1 aromatic heterocycles. The third-order valence-electron chi connectivity index (χ3n) is 4.54. The molecule has 0 saturated carbocycles. The van der Waals surface area contributed by atoms with E-state index in [0.717, 1.165) is 5.52 Å². The number of hydrogen-bond acceptors (Lipinski definition) is 7. The minimum Gasteiger partial charge on any atom is -0.463 e. The van der Waals surface area contributed by atoms with Gasteiger partial charge >= 0.3 is 18.0 Å². The van der Waals surface area contributed by atoms with Gasteiger partial charge in [-0.2, -0.15) is 0 Å².